The van der Waals surface area contributed by atoms with Crippen molar-refractivity contribution in [3.05, 3.63) is 34.5 Å². The molecular formula is C23H24N5O6S+. The van der Waals surface area contributed by atoms with Gasteiger partial charge in [0.25, 0.3) is 12.1 Å². The van der Waals surface area contributed by atoms with Gasteiger partial charge in [-0.1, -0.05) is 4.68 Å². The number of nitrogens with one attached hydrogen (secondary N) is 1. The Hall–Kier alpha value is -4.19. The number of rotatable bonds is 7. The number of hydrogen-bond acceptors (Lipinski definition) is 10. The highest BCUT2D eigenvalue weighted by atomic mass is 32.1. The molecule has 4 aromatic rings. The number of benzene rings is 1. The SMILES string of the molecule is COc1cc(-c2c(C(C)=O)c(C)nc3sc(C(=O)Nc4c[n+](C)no4)c(N)c23)cc(OC)c1OC. The fraction of sp³-hybridized carbons (Fsp3) is 0.261. The Kier molecular flexibility index (Phi) is 6.31. The van der Waals surface area contributed by atoms with Crippen LogP contribution in [-0.2, 0) is 7.05 Å². The Labute approximate surface area is 204 Å². The summed E-state index contributed by atoms with van der Waals surface area (Å²) < 4.78 is 22.9. The lowest BCUT2D eigenvalue weighted by molar-refractivity contribution is -0.739. The molecule has 3 aromatic heterocycles. The van der Waals surface area contributed by atoms with Gasteiger partial charge in [-0.15, -0.1) is 11.3 Å². The Morgan fingerprint density at radius 2 is 1.80 bits per heavy atom. The second-order valence-corrected chi connectivity index (χ2v) is 8.64. The van der Waals surface area contributed by atoms with Gasteiger partial charge in [0.15, 0.2) is 29.6 Å². The zero-order valence-corrected chi connectivity index (χ0v) is 20.8. The summed E-state index contributed by atoms with van der Waals surface area (Å²) in [5.41, 5.74) is 8.70. The number of pyridine rings is 1. The number of nitrogens with two attached hydrogens (primary N) is 1. The van der Waals surface area contributed by atoms with Crippen molar-refractivity contribution in [1.82, 2.24) is 10.3 Å². The summed E-state index contributed by atoms with van der Waals surface area (Å²) in [6.07, 6.45) is 1.51. The van der Waals surface area contributed by atoms with E-state index in [1.54, 1.807) is 26.1 Å². The molecule has 0 aliphatic rings. The molecule has 0 saturated carbocycles. The van der Waals surface area contributed by atoms with Gasteiger partial charge >= 0.3 is 5.88 Å². The van der Waals surface area contributed by atoms with E-state index in [1.807, 2.05) is 0 Å². The molecule has 0 fully saturated rings. The Morgan fingerprint density at radius 1 is 1.14 bits per heavy atom. The smallest absolute Gasteiger partial charge is 0.302 e. The fourth-order valence-electron chi connectivity index (χ4n) is 3.93. The van der Waals surface area contributed by atoms with Gasteiger partial charge in [0.1, 0.15) is 9.71 Å². The number of nitrogen functional groups attached to an aromatic ring is 1. The van der Waals surface area contributed by atoms with Crippen LogP contribution in [0.2, 0.25) is 0 Å². The molecule has 3 N–H and O–H groups in total. The number of aromatic nitrogens is 3. The highest BCUT2D eigenvalue weighted by molar-refractivity contribution is 7.21. The molecule has 0 aliphatic heterocycles. The molecule has 0 spiro atoms. The van der Waals surface area contributed by atoms with Crippen molar-refractivity contribution in [2.45, 2.75) is 13.8 Å². The number of methoxy groups -OCH3 is 3. The summed E-state index contributed by atoms with van der Waals surface area (Å²) in [5.74, 6) is 0.691. The number of thiophene rings is 1. The van der Waals surface area contributed by atoms with Gasteiger partial charge in [-0.3, -0.25) is 19.4 Å². The number of anilines is 2. The van der Waals surface area contributed by atoms with Gasteiger partial charge in [-0.25, -0.2) is 4.98 Å². The van der Waals surface area contributed by atoms with Crippen molar-refractivity contribution in [3.63, 3.8) is 0 Å². The van der Waals surface area contributed by atoms with Crippen molar-refractivity contribution >= 4 is 44.8 Å². The van der Waals surface area contributed by atoms with Crippen LogP contribution in [-0.4, -0.2) is 43.3 Å². The lowest BCUT2D eigenvalue weighted by Crippen LogP contribution is -2.28. The van der Waals surface area contributed by atoms with Gasteiger partial charge in [-0.05, 0) is 31.5 Å². The number of carbonyl (C=O) groups excluding carboxylic acids is 2. The van der Waals surface area contributed by atoms with E-state index < -0.39 is 5.91 Å². The van der Waals surface area contributed by atoms with Gasteiger partial charge in [0.05, 0.1) is 32.7 Å². The summed E-state index contributed by atoms with van der Waals surface area (Å²) in [7, 11) is 6.18. The molecule has 0 bridgehead atoms. The molecule has 0 radical (unpaired) electrons. The molecule has 182 valence electrons. The maximum Gasteiger partial charge on any atom is 0.302 e. The summed E-state index contributed by atoms with van der Waals surface area (Å²) in [6, 6.07) is 3.46. The summed E-state index contributed by atoms with van der Waals surface area (Å²) in [4.78, 5) is 31.1. The molecule has 11 nitrogen and oxygen atoms in total. The van der Waals surface area contributed by atoms with Crippen molar-refractivity contribution in [2.75, 3.05) is 32.4 Å². The number of hydrogen-bond donors (Lipinski definition) is 2. The summed E-state index contributed by atoms with van der Waals surface area (Å²) in [6.45, 7) is 3.19. The van der Waals surface area contributed by atoms with Crippen LogP contribution in [0.25, 0.3) is 21.3 Å². The van der Waals surface area contributed by atoms with Gasteiger partial charge < -0.3 is 19.9 Å². The molecule has 0 unspecified atom stereocenters. The highest BCUT2D eigenvalue weighted by Crippen LogP contribution is 2.47. The minimum atomic E-state index is -0.486. The summed E-state index contributed by atoms with van der Waals surface area (Å²) >= 11 is 1.11. The number of fused-ring (bicyclic) bond motifs is 1. The predicted octanol–water partition coefficient (Wildman–Crippen LogP) is 3.15. The zero-order chi connectivity index (χ0) is 25.4. The second kappa shape index (κ2) is 9.22. The molecule has 1 aromatic carbocycles. The Morgan fingerprint density at radius 3 is 2.31 bits per heavy atom. The highest BCUT2D eigenvalue weighted by Gasteiger charge is 2.27. The third-order valence-corrected chi connectivity index (χ3v) is 6.48. The van der Waals surface area contributed by atoms with Crippen LogP contribution in [0.15, 0.2) is 22.9 Å². The second-order valence-electron chi connectivity index (χ2n) is 7.64. The normalized spacial score (nSPS) is 10.9. The first-order valence-corrected chi connectivity index (χ1v) is 11.2. The molecule has 1 amide bonds. The maximum atomic E-state index is 13.0. The average molecular weight is 499 g/mol. The van der Waals surface area contributed by atoms with Crippen molar-refractivity contribution in [2.24, 2.45) is 7.05 Å². The van der Waals surface area contributed by atoms with E-state index in [0.29, 0.717) is 49.8 Å². The zero-order valence-electron chi connectivity index (χ0n) is 20.0. The topological polar surface area (TPSA) is 143 Å². The molecule has 4 rings (SSSR count). The van der Waals surface area contributed by atoms with Gasteiger partial charge in [-0.2, -0.15) is 0 Å². The number of ether oxygens (including phenoxy) is 3. The van der Waals surface area contributed by atoms with E-state index in [9.17, 15) is 9.59 Å². The Bertz CT molecular complexity index is 1450. The average Bonchev–Trinajstić information content (AvgIpc) is 3.38. The van der Waals surface area contributed by atoms with Gasteiger partial charge in [0, 0.05) is 16.5 Å². The maximum absolute atomic E-state index is 13.0. The number of aryl methyl sites for hydroxylation is 2. The Balaban J connectivity index is 2.00. The van der Waals surface area contributed by atoms with Crippen LogP contribution in [0.3, 0.4) is 0 Å². The minimum absolute atomic E-state index is 0.160. The number of carbonyl (C=O) groups is 2. The number of amides is 1. The third kappa shape index (κ3) is 4.12. The molecule has 3 heterocycles. The lowest BCUT2D eigenvalue weighted by Gasteiger charge is -2.17. The quantitative estimate of drug-likeness (QED) is 0.290. The molecule has 0 saturated heterocycles. The van der Waals surface area contributed by atoms with Crippen LogP contribution >= 0.6 is 11.3 Å². The predicted molar refractivity (Wildman–Crippen MR) is 129 cm³/mol. The molecular weight excluding hydrogens is 474 g/mol. The van der Waals surface area contributed by atoms with Crippen LogP contribution in [0.4, 0.5) is 11.6 Å². The van der Waals surface area contributed by atoms with Crippen molar-refractivity contribution in [1.29, 1.82) is 0 Å². The minimum Gasteiger partial charge on any atom is -0.493 e. The molecule has 0 atom stereocenters. The molecule has 12 heteroatoms. The van der Waals surface area contributed by atoms with Crippen LogP contribution in [0, 0.1) is 6.92 Å². The van der Waals surface area contributed by atoms with Crippen LogP contribution < -0.4 is 29.9 Å². The van der Waals surface area contributed by atoms with E-state index in [1.165, 1.54) is 39.1 Å². The first kappa shape index (κ1) is 24.0. The van der Waals surface area contributed by atoms with Crippen molar-refractivity contribution in [3.8, 4) is 28.4 Å². The van der Waals surface area contributed by atoms with E-state index in [2.05, 4.69) is 15.6 Å². The third-order valence-electron chi connectivity index (χ3n) is 5.38. The van der Waals surface area contributed by atoms with Crippen molar-refractivity contribution < 1.29 is 33.0 Å². The monoisotopic (exact) mass is 498 g/mol. The van der Waals surface area contributed by atoms with E-state index in [0.717, 1.165) is 11.3 Å². The van der Waals surface area contributed by atoms with Crippen LogP contribution in [0.1, 0.15) is 32.6 Å². The number of ketones is 1. The summed E-state index contributed by atoms with van der Waals surface area (Å²) in [5, 5.41) is 6.80. The van der Waals surface area contributed by atoms with Gasteiger partial charge in [0.2, 0.25) is 5.75 Å². The first-order chi connectivity index (χ1) is 16.7. The standard InChI is InChI=1S/C23H23N5O6S/c1-10-16(11(2)29)17(12-7-13(31-4)20(33-6)14(8-12)32-5)18-19(24)21(35-23(18)25-10)22(30)26-15-9-28(3)27-34-15/h7-9H,1-6H3,(H2-,24,26,27,30)/p+1. The van der Waals surface area contributed by atoms with Crippen LogP contribution in [0.5, 0.6) is 17.2 Å². The van der Waals surface area contributed by atoms with E-state index in [-0.39, 0.29) is 22.2 Å². The lowest BCUT2D eigenvalue weighted by atomic mass is 9.93. The first-order valence-electron chi connectivity index (χ1n) is 10.4. The fourth-order valence-corrected chi connectivity index (χ4v) is 4.97. The molecule has 0 aliphatic carbocycles. The van der Waals surface area contributed by atoms with E-state index >= 15 is 0 Å². The number of Topliss-reactive ketones (excluding diaryl/α,β-unsaturated/α-hetero) is 1. The largest absolute Gasteiger partial charge is 0.493 e. The number of nitrogens with zero attached hydrogens (tertiary/aromatic N) is 3. The van der Waals surface area contributed by atoms with E-state index in [4.69, 9.17) is 24.5 Å². The molecule has 35 heavy (non-hydrogen) atoms.